The predicted octanol–water partition coefficient (Wildman–Crippen LogP) is 5.21. The Hall–Kier alpha value is -2.34. The molecule has 28 heavy (non-hydrogen) atoms. The van der Waals surface area contributed by atoms with E-state index in [9.17, 15) is 23.1 Å². The van der Waals surface area contributed by atoms with Crippen molar-refractivity contribution in [3.8, 4) is 0 Å². The molecule has 6 heteroatoms. The lowest BCUT2D eigenvalue weighted by atomic mass is 9.89. The van der Waals surface area contributed by atoms with Crippen LogP contribution in [0.5, 0.6) is 0 Å². The minimum atomic E-state index is -4.42. The fourth-order valence-electron chi connectivity index (χ4n) is 4.11. The highest BCUT2D eigenvalue weighted by Crippen LogP contribution is 2.37. The Bertz CT molecular complexity index is 843. The summed E-state index contributed by atoms with van der Waals surface area (Å²) in [5, 5.41) is 9.44. The van der Waals surface area contributed by atoms with Gasteiger partial charge in [0, 0.05) is 6.54 Å². The van der Waals surface area contributed by atoms with E-state index in [-0.39, 0.29) is 0 Å². The number of hydrogen-bond acceptors (Lipinski definition) is 2. The molecule has 1 fully saturated rings. The van der Waals surface area contributed by atoms with Gasteiger partial charge in [0.2, 0.25) is 0 Å². The first-order chi connectivity index (χ1) is 13.1. The lowest BCUT2D eigenvalue weighted by Crippen LogP contribution is -2.41. The molecule has 2 atom stereocenters. The average Bonchev–Trinajstić information content (AvgIpc) is 2.61. The number of carboxylic acid groups (broad SMARTS) is 1. The second-order valence-electron chi connectivity index (χ2n) is 7.62. The molecule has 1 N–H and O–H groups in total. The summed E-state index contributed by atoms with van der Waals surface area (Å²) in [4.78, 5) is 13.5. The van der Waals surface area contributed by atoms with Crippen LogP contribution in [0.3, 0.4) is 0 Å². The lowest BCUT2D eigenvalue weighted by molar-refractivity contribution is -0.143. The Morgan fingerprint density at radius 1 is 1.11 bits per heavy atom. The maximum absolute atomic E-state index is 13.3. The van der Waals surface area contributed by atoms with Gasteiger partial charge in [0.15, 0.2) is 0 Å². The van der Waals surface area contributed by atoms with Gasteiger partial charge in [-0.25, -0.2) is 0 Å². The number of halogens is 3. The van der Waals surface area contributed by atoms with Gasteiger partial charge in [0.1, 0.15) is 0 Å². The first-order valence-electron chi connectivity index (χ1n) is 9.37. The summed E-state index contributed by atoms with van der Waals surface area (Å²) in [6.07, 6.45) is -3.13. The third kappa shape index (κ3) is 4.55. The molecule has 3 rings (SSSR count). The normalized spacial score (nSPS) is 19.4. The Balaban J connectivity index is 2.08. The zero-order chi connectivity index (χ0) is 20.5. The number of piperidine rings is 1. The van der Waals surface area contributed by atoms with Gasteiger partial charge in [0.05, 0.1) is 17.5 Å². The molecule has 0 saturated carbocycles. The fourth-order valence-corrected chi connectivity index (χ4v) is 4.11. The lowest BCUT2D eigenvalue weighted by Gasteiger charge is -2.38. The molecule has 0 radical (unpaired) electrons. The predicted molar refractivity (Wildman–Crippen MR) is 101 cm³/mol. The van der Waals surface area contributed by atoms with Crippen molar-refractivity contribution in [1.82, 2.24) is 4.90 Å². The number of nitrogens with zero attached hydrogens (tertiary/aromatic N) is 1. The van der Waals surface area contributed by atoms with Crippen molar-refractivity contribution in [2.45, 2.75) is 38.9 Å². The molecule has 1 heterocycles. The Kier molecular flexibility index (Phi) is 5.79. The Morgan fingerprint density at radius 2 is 1.79 bits per heavy atom. The van der Waals surface area contributed by atoms with Gasteiger partial charge in [-0.15, -0.1) is 0 Å². The Morgan fingerprint density at radius 3 is 2.39 bits per heavy atom. The van der Waals surface area contributed by atoms with E-state index in [2.05, 4.69) is 0 Å². The second kappa shape index (κ2) is 7.95. The van der Waals surface area contributed by atoms with Crippen LogP contribution in [-0.4, -0.2) is 29.1 Å². The van der Waals surface area contributed by atoms with Crippen LogP contribution in [0.2, 0.25) is 0 Å². The highest BCUT2D eigenvalue weighted by Gasteiger charge is 2.34. The van der Waals surface area contributed by atoms with Gasteiger partial charge in [-0.1, -0.05) is 41.5 Å². The van der Waals surface area contributed by atoms with E-state index in [1.165, 1.54) is 12.1 Å². The summed E-state index contributed by atoms with van der Waals surface area (Å²) < 4.78 is 39.8. The van der Waals surface area contributed by atoms with E-state index in [0.717, 1.165) is 22.8 Å². The summed E-state index contributed by atoms with van der Waals surface area (Å²) >= 11 is 0. The van der Waals surface area contributed by atoms with Crippen LogP contribution >= 0.6 is 0 Å². The number of benzene rings is 2. The van der Waals surface area contributed by atoms with Crippen molar-refractivity contribution in [3.05, 3.63) is 70.3 Å². The van der Waals surface area contributed by atoms with Crippen LogP contribution in [0.1, 0.15) is 46.7 Å². The molecule has 1 aliphatic heterocycles. The highest BCUT2D eigenvalue weighted by atomic mass is 19.4. The van der Waals surface area contributed by atoms with Gasteiger partial charge in [-0.2, -0.15) is 13.2 Å². The maximum atomic E-state index is 13.3. The number of hydrogen-bond donors (Lipinski definition) is 1. The number of rotatable bonds is 4. The van der Waals surface area contributed by atoms with Gasteiger partial charge < -0.3 is 5.11 Å². The van der Waals surface area contributed by atoms with Gasteiger partial charge in [-0.05, 0) is 56.5 Å². The molecular formula is C22H24F3NO2. The highest BCUT2D eigenvalue weighted by molar-refractivity contribution is 5.70. The Labute approximate surface area is 162 Å². The van der Waals surface area contributed by atoms with E-state index < -0.39 is 29.7 Å². The van der Waals surface area contributed by atoms with Crippen LogP contribution in [0, 0.1) is 19.8 Å². The molecule has 3 nitrogen and oxygen atoms in total. The van der Waals surface area contributed by atoms with Crippen LogP contribution < -0.4 is 0 Å². The molecule has 2 aromatic carbocycles. The first-order valence-corrected chi connectivity index (χ1v) is 9.37. The van der Waals surface area contributed by atoms with Crippen molar-refractivity contribution in [1.29, 1.82) is 0 Å². The second-order valence-corrected chi connectivity index (χ2v) is 7.62. The quantitative estimate of drug-likeness (QED) is 0.778. The number of alkyl halides is 3. The van der Waals surface area contributed by atoms with E-state index in [0.29, 0.717) is 31.5 Å². The first kappa shape index (κ1) is 20.4. The maximum Gasteiger partial charge on any atom is 0.416 e. The molecular weight excluding hydrogens is 367 g/mol. The SMILES string of the molecule is Cc1cc(C)cc(C(c2cccc(C(F)(F)F)c2)N2CCCC(C(=O)O)C2)c1. The third-order valence-corrected chi connectivity index (χ3v) is 5.26. The third-order valence-electron chi connectivity index (χ3n) is 5.26. The molecule has 2 unspecified atom stereocenters. The molecule has 1 aliphatic rings. The van der Waals surface area contributed by atoms with Crippen molar-refractivity contribution >= 4 is 5.97 Å². The molecule has 0 amide bonds. The summed E-state index contributed by atoms with van der Waals surface area (Å²) in [5.74, 6) is -1.36. The number of carbonyl (C=O) groups is 1. The summed E-state index contributed by atoms with van der Waals surface area (Å²) in [5.41, 5.74) is 2.79. The number of aryl methyl sites for hydroxylation is 2. The largest absolute Gasteiger partial charge is 0.481 e. The van der Waals surface area contributed by atoms with E-state index >= 15 is 0 Å². The van der Waals surface area contributed by atoms with E-state index in [4.69, 9.17) is 0 Å². The summed E-state index contributed by atoms with van der Waals surface area (Å²) in [7, 11) is 0. The number of carboxylic acids is 1. The smallest absolute Gasteiger partial charge is 0.416 e. The monoisotopic (exact) mass is 391 g/mol. The molecule has 0 spiro atoms. The fraction of sp³-hybridized carbons (Fsp3) is 0.409. The van der Waals surface area contributed by atoms with E-state index in [1.807, 2.05) is 36.9 Å². The topological polar surface area (TPSA) is 40.5 Å². The molecule has 0 aliphatic carbocycles. The minimum absolute atomic E-state index is 0.323. The molecule has 1 saturated heterocycles. The molecule has 0 bridgehead atoms. The summed E-state index contributed by atoms with van der Waals surface area (Å²) in [6.45, 7) is 4.88. The van der Waals surface area contributed by atoms with Crippen molar-refractivity contribution < 1.29 is 23.1 Å². The summed E-state index contributed by atoms with van der Waals surface area (Å²) in [6, 6.07) is 10.9. The average molecular weight is 391 g/mol. The van der Waals surface area contributed by atoms with Gasteiger partial charge >= 0.3 is 12.1 Å². The zero-order valence-electron chi connectivity index (χ0n) is 16.0. The zero-order valence-corrected chi connectivity index (χ0v) is 16.0. The van der Waals surface area contributed by atoms with Crippen molar-refractivity contribution in [3.63, 3.8) is 0 Å². The van der Waals surface area contributed by atoms with Crippen LogP contribution in [-0.2, 0) is 11.0 Å². The molecule has 150 valence electrons. The van der Waals surface area contributed by atoms with Gasteiger partial charge in [-0.3, -0.25) is 9.69 Å². The van der Waals surface area contributed by atoms with Gasteiger partial charge in [0.25, 0.3) is 0 Å². The number of likely N-dealkylation sites (tertiary alicyclic amines) is 1. The standard InChI is InChI=1S/C22H24F3NO2/c1-14-9-15(2)11-18(10-14)20(26-8-4-6-17(13-26)21(27)28)16-5-3-7-19(12-16)22(23,24)25/h3,5,7,9-12,17,20H,4,6,8,13H2,1-2H3,(H,27,28). The van der Waals surface area contributed by atoms with Crippen LogP contribution in [0.15, 0.2) is 42.5 Å². The molecule has 2 aromatic rings. The minimum Gasteiger partial charge on any atom is -0.481 e. The number of aliphatic carboxylic acids is 1. The van der Waals surface area contributed by atoms with Crippen molar-refractivity contribution in [2.75, 3.05) is 13.1 Å². The van der Waals surface area contributed by atoms with Crippen molar-refractivity contribution in [2.24, 2.45) is 5.92 Å². The van der Waals surface area contributed by atoms with Crippen LogP contribution in [0.25, 0.3) is 0 Å². The van der Waals surface area contributed by atoms with E-state index in [1.54, 1.807) is 6.07 Å². The molecule has 0 aromatic heterocycles. The van der Waals surface area contributed by atoms with Crippen LogP contribution in [0.4, 0.5) is 13.2 Å².